The Kier molecular flexibility index (Phi) is 3.44. The van der Waals surface area contributed by atoms with Gasteiger partial charge in [0.15, 0.2) is 0 Å². The van der Waals surface area contributed by atoms with Gasteiger partial charge in [0.25, 0.3) is 5.91 Å². The molecule has 88 valence electrons. The first-order chi connectivity index (χ1) is 8.20. The molecule has 5 heteroatoms. The number of rotatable bonds is 3. The molecule has 0 aromatic carbocycles. The van der Waals surface area contributed by atoms with Crippen LogP contribution >= 0.6 is 11.6 Å². The summed E-state index contributed by atoms with van der Waals surface area (Å²) < 4.78 is 5.19. The quantitative estimate of drug-likeness (QED) is 0.852. The monoisotopic (exact) mass is 250 g/mol. The van der Waals surface area contributed by atoms with Crippen molar-refractivity contribution >= 4 is 23.2 Å². The van der Waals surface area contributed by atoms with E-state index < -0.39 is 0 Å². The summed E-state index contributed by atoms with van der Waals surface area (Å²) in [4.78, 5) is 15.8. The first kappa shape index (κ1) is 11.7. The average Bonchev–Trinajstić information content (AvgIpc) is 2.80. The second-order valence-electron chi connectivity index (χ2n) is 3.43. The largest absolute Gasteiger partial charge is 0.469 e. The van der Waals surface area contributed by atoms with Crippen LogP contribution in [0.3, 0.4) is 0 Å². The number of hydrogen-bond donors (Lipinski definition) is 1. The van der Waals surface area contributed by atoms with Crippen molar-refractivity contribution in [1.29, 1.82) is 0 Å². The fourth-order valence-electron chi connectivity index (χ4n) is 1.46. The Morgan fingerprint density at radius 2 is 2.29 bits per heavy atom. The highest BCUT2D eigenvalue weighted by Gasteiger charge is 2.13. The predicted molar refractivity (Wildman–Crippen MR) is 65.3 cm³/mol. The van der Waals surface area contributed by atoms with Gasteiger partial charge in [-0.3, -0.25) is 4.79 Å². The number of carbonyl (C=O) groups excluding carboxylic acids is 1. The van der Waals surface area contributed by atoms with Crippen LogP contribution in [0.15, 0.2) is 35.1 Å². The van der Waals surface area contributed by atoms with Crippen molar-refractivity contribution in [3.63, 3.8) is 0 Å². The summed E-state index contributed by atoms with van der Waals surface area (Å²) in [5.41, 5.74) is 1.14. The van der Waals surface area contributed by atoms with E-state index in [4.69, 9.17) is 16.0 Å². The van der Waals surface area contributed by atoms with Crippen LogP contribution in [0, 0.1) is 0 Å². The van der Waals surface area contributed by atoms with Crippen molar-refractivity contribution in [2.45, 2.75) is 13.3 Å². The summed E-state index contributed by atoms with van der Waals surface area (Å²) in [5.74, 6) is 0.462. The van der Waals surface area contributed by atoms with Crippen LogP contribution in [0.4, 0.5) is 5.69 Å². The number of carbonyl (C=O) groups is 1. The van der Waals surface area contributed by atoms with E-state index in [-0.39, 0.29) is 5.91 Å². The zero-order valence-electron chi connectivity index (χ0n) is 9.24. The Labute approximate surface area is 104 Å². The molecule has 4 nitrogen and oxygen atoms in total. The van der Waals surface area contributed by atoms with Gasteiger partial charge in [0.05, 0.1) is 23.7 Å². The molecule has 0 fully saturated rings. The highest BCUT2D eigenvalue weighted by Crippen LogP contribution is 2.15. The molecular weight excluding hydrogens is 240 g/mol. The first-order valence-corrected chi connectivity index (χ1v) is 5.57. The molecule has 0 bridgehead atoms. The van der Waals surface area contributed by atoms with Gasteiger partial charge in [-0.15, -0.1) is 0 Å². The lowest BCUT2D eigenvalue weighted by Gasteiger charge is -2.04. The number of amides is 1. The normalized spacial score (nSPS) is 10.2. The number of nitrogens with zero attached hydrogens (tertiary/aromatic N) is 1. The van der Waals surface area contributed by atoms with Gasteiger partial charge in [-0.05, 0) is 18.2 Å². The lowest BCUT2D eigenvalue weighted by atomic mass is 10.2. The molecule has 2 heterocycles. The number of nitrogens with one attached hydrogen (secondary N) is 1. The fraction of sp³-hybridized carbons (Fsp3) is 0.167. The molecule has 0 atom stereocenters. The van der Waals surface area contributed by atoms with Crippen LogP contribution in [0.5, 0.6) is 0 Å². The minimum absolute atomic E-state index is 0.209. The summed E-state index contributed by atoms with van der Waals surface area (Å²) in [6.45, 7) is 1.93. The van der Waals surface area contributed by atoms with Crippen LogP contribution in [0.1, 0.15) is 23.0 Å². The van der Waals surface area contributed by atoms with Crippen LogP contribution in [-0.4, -0.2) is 10.9 Å². The number of pyridine rings is 1. The van der Waals surface area contributed by atoms with Gasteiger partial charge in [-0.2, -0.15) is 0 Å². The number of halogens is 1. The van der Waals surface area contributed by atoms with E-state index in [0.29, 0.717) is 28.6 Å². The number of aromatic nitrogens is 1. The Bertz CT molecular complexity index is 520. The molecular formula is C12H11ClN2O2. The number of aryl methyl sites for hydroxylation is 1. The molecule has 0 aliphatic rings. The molecule has 0 unspecified atom stereocenters. The highest BCUT2D eigenvalue weighted by atomic mass is 35.5. The highest BCUT2D eigenvalue weighted by molar-refractivity contribution is 6.29. The zero-order valence-corrected chi connectivity index (χ0v) is 9.99. The Balaban J connectivity index is 2.14. The third kappa shape index (κ3) is 2.65. The van der Waals surface area contributed by atoms with Crippen LogP contribution in [0.2, 0.25) is 5.15 Å². The summed E-state index contributed by atoms with van der Waals surface area (Å²) in [7, 11) is 0. The second kappa shape index (κ2) is 5.01. The van der Waals surface area contributed by atoms with E-state index in [2.05, 4.69) is 10.3 Å². The van der Waals surface area contributed by atoms with Crippen LogP contribution < -0.4 is 5.32 Å². The Morgan fingerprint density at radius 3 is 2.94 bits per heavy atom. The SMILES string of the molecule is CCc1occc1C(=O)Nc1ccc(Cl)nc1. The topological polar surface area (TPSA) is 55.1 Å². The molecule has 2 aromatic rings. The lowest BCUT2D eigenvalue weighted by molar-refractivity contribution is 0.102. The minimum atomic E-state index is -0.209. The van der Waals surface area contributed by atoms with E-state index in [0.717, 1.165) is 0 Å². The summed E-state index contributed by atoms with van der Waals surface area (Å²) in [6, 6.07) is 4.96. The van der Waals surface area contributed by atoms with E-state index in [1.54, 1.807) is 18.2 Å². The molecule has 0 spiro atoms. The molecule has 0 aliphatic heterocycles. The maximum Gasteiger partial charge on any atom is 0.259 e. The average molecular weight is 251 g/mol. The van der Waals surface area contributed by atoms with E-state index in [1.165, 1.54) is 12.5 Å². The smallest absolute Gasteiger partial charge is 0.259 e. The molecule has 1 amide bonds. The van der Waals surface area contributed by atoms with Crippen molar-refractivity contribution in [1.82, 2.24) is 4.98 Å². The second-order valence-corrected chi connectivity index (χ2v) is 3.82. The van der Waals surface area contributed by atoms with Crippen molar-refractivity contribution in [2.75, 3.05) is 5.32 Å². The molecule has 2 rings (SSSR count). The van der Waals surface area contributed by atoms with Gasteiger partial charge in [0.1, 0.15) is 10.9 Å². The lowest BCUT2D eigenvalue weighted by Crippen LogP contribution is -2.12. The minimum Gasteiger partial charge on any atom is -0.469 e. The zero-order chi connectivity index (χ0) is 12.3. The van der Waals surface area contributed by atoms with E-state index in [9.17, 15) is 4.79 Å². The van der Waals surface area contributed by atoms with Gasteiger partial charge in [-0.1, -0.05) is 18.5 Å². The van der Waals surface area contributed by atoms with Crippen LogP contribution in [0.25, 0.3) is 0 Å². The number of anilines is 1. The van der Waals surface area contributed by atoms with Crippen molar-refractivity contribution < 1.29 is 9.21 Å². The van der Waals surface area contributed by atoms with Gasteiger partial charge < -0.3 is 9.73 Å². The third-order valence-corrected chi connectivity index (χ3v) is 2.52. The Hall–Kier alpha value is -1.81. The molecule has 0 saturated heterocycles. The third-order valence-electron chi connectivity index (χ3n) is 2.30. The number of hydrogen-bond acceptors (Lipinski definition) is 3. The van der Waals surface area contributed by atoms with Crippen molar-refractivity contribution in [2.24, 2.45) is 0 Å². The molecule has 2 aromatic heterocycles. The fourth-order valence-corrected chi connectivity index (χ4v) is 1.58. The first-order valence-electron chi connectivity index (χ1n) is 5.20. The van der Waals surface area contributed by atoms with Gasteiger partial charge in [0.2, 0.25) is 0 Å². The van der Waals surface area contributed by atoms with Gasteiger partial charge in [-0.25, -0.2) is 4.98 Å². The molecule has 17 heavy (non-hydrogen) atoms. The molecule has 0 radical (unpaired) electrons. The summed E-state index contributed by atoms with van der Waals surface area (Å²) in [6.07, 6.45) is 3.69. The summed E-state index contributed by atoms with van der Waals surface area (Å²) in [5, 5.41) is 3.12. The standard InChI is InChI=1S/C12H11ClN2O2/c1-2-10-9(5-6-17-10)12(16)15-8-3-4-11(13)14-7-8/h3-7H,2H2,1H3,(H,15,16). The van der Waals surface area contributed by atoms with Crippen molar-refractivity contribution in [3.8, 4) is 0 Å². The summed E-state index contributed by atoms with van der Waals surface area (Å²) >= 11 is 5.66. The van der Waals surface area contributed by atoms with Gasteiger partial charge >= 0.3 is 0 Å². The molecule has 0 aliphatic carbocycles. The number of furan rings is 1. The maximum absolute atomic E-state index is 11.9. The Morgan fingerprint density at radius 1 is 1.47 bits per heavy atom. The van der Waals surface area contributed by atoms with Crippen molar-refractivity contribution in [3.05, 3.63) is 47.1 Å². The van der Waals surface area contributed by atoms with E-state index >= 15 is 0 Å². The van der Waals surface area contributed by atoms with E-state index in [1.807, 2.05) is 6.92 Å². The molecule has 1 N–H and O–H groups in total. The maximum atomic E-state index is 11.9. The predicted octanol–water partition coefficient (Wildman–Crippen LogP) is 3.14. The van der Waals surface area contributed by atoms with Gasteiger partial charge in [0, 0.05) is 6.42 Å². The molecule has 0 saturated carbocycles. The van der Waals surface area contributed by atoms with Crippen LogP contribution in [-0.2, 0) is 6.42 Å².